The number of hydrogen-bond donors (Lipinski definition) is 2. The minimum Gasteiger partial charge on any atom is -0.489 e. The Morgan fingerprint density at radius 2 is 2.14 bits per heavy atom. The molecule has 0 spiro atoms. The van der Waals surface area contributed by atoms with E-state index in [0.29, 0.717) is 37.4 Å². The average molecular weight is 389 g/mol. The molecule has 0 saturated carbocycles. The van der Waals surface area contributed by atoms with E-state index < -0.39 is 6.04 Å². The largest absolute Gasteiger partial charge is 0.489 e. The number of H-pyrrole nitrogens is 1. The van der Waals surface area contributed by atoms with Gasteiger partial charge in [-0.25, -0.2) is 0 Å². The first-order chi connectivity index (χ1) is 14.2. The van der Waals surface area contributed by atoms with Crippen molar-refractivity contribution < 1.29 is 14.3 Å². The van der Waals surface area contributed by atoms with Crippen LogP contribution < -0.4 is 10.1 Å². The summed E-state index contributed by atoms with van der Waals surface area (Å²) in [4.78, 5) is 30.3. The summed E-state index contributed by atoms with van der Waals surface area (Å²) in [6.07, 6.45) is 4.46. The molecule has 1 aliphatic rings. The third-order valence-electron chi connectivity index (χ3n) is 5.12. The van der Waals surface area contributed by atoms with E-state index in [1.165, 1.54) is 0 Å². The van der Waals surface area contributed by atoms with Crippen LogP contribution in [0.15, 0.2) is 67.4 Å². The molecule has 1 aromatic heterocycles. The predicted molar refractivity (Wildman–Crippen MR) is 113 cm³/mol. The Hall–Kier alpha value is -3.54. The van der Waals surface area contributed by atoms with Gasteiger partial charge in [0.25, 0.3) is 0 Å². The normalized spacial score (nSPS) is 16.2. The van der Waals surface area contributed by atoms with Gasteiger partial charge >= 0.3 is 0 Å². The third-order valence-corrected chi connectivity index (χ3v) is 5.12. The second-order valence-electron chi connectivity index (χ2n) is 7.05. The van der Waals surface area contributed by atoms with Crippen molar-refractivity contribution in [3.63, 3.8) is 0 Å². The number of amides is 2. The number of likely N-dealkylation sites (tertiary alicyclic amines) is 1. The maximum atomic E-state index is 12.9. The fraction of sp³-hybridized carbons (Fsp3) is 0.217. The van der Waals surface area contributed by atoms with Crippen molar-refractivity contribution in [3.05, 3.63) is 72.9 Å². The number of nitrogens with zero attached hydrogens (tertiary/aromatic N) is 1. The topological polar surface area (TPSA) is 74.4 Å². The summed E-state index contributed by atoms with van der Waals surface area (Å²) in [6, 6.07) is 14.7. The van der Waals surface area contributed by atoms with Crippen LogP contribution in [0.4, 0.5) is 5.69 Å². The van der Waals surface area contributed by atoms with Crippen LogP contribution in [0, 0.1) is 0 Å². The standard InChI is InChI=1S/C23H23N3O3/c1-2-12-29-18-7-5-6-17(13-18)25-23(28)21-10-11-22(27)26(21)15-16-14-24-20-9-4-3-8-19(16)20/h2-9,13-14,21,24H,1,10-12,15H2,(H,25,28). The lowest BCUT2D eigenvalue weighted by atomic mass is 10.1. The van der Waals surface area contributed by atoms with Crippen LogP contribution in [-0.4, -0.2) is 34.3 Å². The van der Waals surface area contributed by atoms with Gasteiger partial charge in [-0.15, -0.1) is 0 Å². The van der Waals surface area contributed by atoms with Gasteiger partial charge in [-0.05, 0) is 30.2 Å². The first-order valence-corrected chi connectivity index (χ1v) is 9.65. The summed E-state index contributed by atoms with van der Waals surface area (Å²) in [7, 11) is 0. The monoisotopic (exact) mass is 389 g/mol. The molecule has 2 amide bonds. The second-order valence-corrected chi connectivity index (χ2v) is 7.05. The molecule has 2 aromatic carbocycles. The van der Waals surface area contributed by atoms with E-state index in [4.69, 9.17) is 4.74 Å². The van der Waals surface area contributed by atoms with Crippen molar-refractivity contribution in [1.29, 1.82) is 0 Å². The molecule has 6 nitrogen and oxygen atoms in total. The van der Waals surface area contributed by atoms with Crippen LogP contribution in [0.3, 0.4) is 0 Å². The molecule has 29 heavy (non-hydrogen) atoms. The van der Waals surface area contributed by atoms with E-state index >= 15 is 0 Å². The SMILES string of the molecule is C=CCOc1cccc(NC(=O)C2CCC(=O)N2Cc2c[nH]c3ccccc23)c1. The van der Waals surface area contributed by atoms with Crippen LogP contribution in [0.5, 0.6) is 5.75 Å². The van der Waals surface area contributed by atoms with Crippen molar-refractivity contribution in [2.75, 3.05) is 11.9 Å². The number of aromatic amines is 1. The molecule has 1 fully saturated rings. The molecular weight excluding hydrogens is 366 g/mol. The van der Waals surface area contributed by atoms with Gasteiger partial charge in [-0.3, -0.25) is 9.59 Å². The fourth-order valence-electron chi connectivity index (χ4n) is 3.69. The molecule has 2 N–H and O–H groups in total. The van der Waals surface area contributed by atoms with E-state index in [2.05, 4.69) is 16.9 Å². The van der Waals surface area contributed by atoms with Crippen LogP contribution in [0.1, 0.15) is 18.4 Å². The first kappa shape index (κ1) is 18.8. The first-order valence-electron chi connectivity index (χ1n) is 9.65. The summed E-state index contributed by atoms with van der Waals surface area (Å²) >= 11 is 0. The minimum absolute atomic E-state index is 0.00139. The zero-order valence-corrected chi connectivity index (χ0v) is 16.1. The van der Waals surface area contributed by atoms with Gasteiger partial charge in [0.15, 0.2) is 0 Å². The van der Waals surface area contributed by atoms with Crippen molar-refractivity contribution in [2.45, 2.75) is 25.4 Å². The van der Waals surface area contributed by atoms with Crippen LogP contribution in [-0.2, 0) is 16.1 Å². The van der Waals surface area contributed by atoms with Crippen LogP contribution in [0.2, 0.25) is 0 Å². The van der Waals surface area contributed by atoms with E-state index in [1.54, 1.807) is 23.1 Å². The number of hydrogen-bond acceptors (Lipinski definition) is 3. The van der Waals surface area contributed by atoms with E-state index in [-0.39, 0.29) is 11.8 Å². The predicted octanol–water partition coefficient (Wildman–Crippen LogP) is 3.86. The highest BCUT2D eigenvalue weighted by atomic mass is 16.5. The van der Waals surface area contributed by atoms with Crippen LogP contribution >= 0.6 is 0 Å². The second kappa shape index (κ2) is 8.22. The lowest BCUT2D eigenvalue weighted by Crippen LogP contribution is -2.41. The van der Waals surface area contributed by atoms with E-state index in [0.717, 1.165) is 16.5 Å². The molecule has 0 radical (unpaired) electrons. The van der Waals surface area contributed by atoms with Gasteiger partial charge in [-0.2, -0.15) is 0 Å². The Balaban J connectivity index is 1.49. The van der Waals surface area contributed by atoms with Gasteiger partial charge < -0.3 is 19.9 Å². The van der Waals surface area contributed by atoms with Crippen molar-refractivity contribution in [3.8, 4) is 5.75 Å². The highest BCUT2D eigenvalue weighted by Crippen LogP contribution is 2.27. The maximum absolute atomic E-state index is 12.9. The number of ether oxygens (including phenoxy) is 1. The minimum atomic E-state index is -0.492. The summed E-state index contributed by atoms with van der Waals surface area (Å²) < 4.78 is 5.51. The van der Waals surface area contributed by atoms with Crippen molar-refractivity contribution in [2.24, 2.45) is 0 Å². The number of benzene rings is 2. The highest BCUT2D eigenvalue weighted by Gasteiger charge is 2.36. The number of rotatable bonds is 7. The van der Waals surface area contributed by atoms with Crippen molar-refractivity contribution in [1.82, 2.24) is 9.88 Å². The van der Waals surface area contributed by atoms with E-state index in [9.17, 15) is 9.59 Å². The highest BCUT2D eigenvalue weighted by molar-refractivity contribution is 5.99. The molecule has 1 unspecified atom stereocenters. The third kappa shape index (κ3) is 4.01. The number of nitrogens with one attached hydrogen (secondary N) is 2. The molecule has 1 atom stereocenters. The zero-order chi connectivity index (χ0) is 20.2. The lowest BCUT2D eigenvalue weighted by Gasteiger charge is -2.24. The number of anilines is 1. The van der Waals surface area contributed by atoms with Gasteiger partial charge in [0.2, 0.25) is 11.8 Å². The van der Waals surface area contributed by atoms with Gasteiger partial charge in [-0.1, -0.05) is 36.9 Å². The van der Waals surface area contributed by atoms with Crippen molar-refractivity contribution >= 4 is 28.4 Å². The zero-order valence-electron chi connectivity index (χ0n) is 16.1. The quantitative estimate of drug-likeness (QED) is 0.603. The molecule has 3 aromatic rings. The molecule has 2 heterocycles. The van der Waals surface area contributed by atoms with E-state index in [1.807, 2.05) is 42.6 Å². The summed E-state index contributed by atoms with van der Waals surface area (Å²) in [5.41, 5.74) is 2.67. The number of fused-ring (bicyclic) bond motifs is 1. The Kier molecular flexibility index (Phi) is 5.33. The summed E-state index contributed by atoms with van der Waals surface area (Å²) in [6.45, 7) is 4.43. The summed E-state index contributed by atoms with van der Waals surface area (Å²) in [5.74, 6) is 0.468. The van der Waals surface area contributed by atoms with Gasteiger partial charge in [0.1, 0.15) is 18.4 Å². The smallest absolute Gasteiger partial charge is 0.247 e. The number of carbonyl (C=O) groups excluding carboxylic acids is 2. The van der Waals surface area contributed by atoms with Gasteiger partial charge in [0, 0.05) is 41.8 Å². The molecule has 1 saturated heterocycles. The Bertz CT molecular complexity index is 1060. The van der Waals surface area contributed by atoms with Crippen LogP contribution in [0.25, 0.3) is 10.9 Å². The molecule has 0 aliphatic carbocycles. The lowest BCUT2D eigenvalue weighted by molar-refractivity contribution is -0.133. The molecule has 0 bridgehead atoms. The number of para-hydroxylation sites is 1. The number of aromatic nitrogens is 1. The molecule has 148 valence electrons. The van der Waals surface area contributed by atoms with Gasteiger partial charge in [0.05, 0.1) is 0 Å². The number of carbonyl (C=O) groups is 2. The molecule has 1 aliphatic heterocycles. The Labute approximate surface area is 169 Å². The maximum Gasteiger partial charge on any atom is 0.247 e. The molecule has 4 rings (SSSR count). The average Bonchev–Trinajstić information content (AvgIpc) is 3.31. The Morgan fingerprint density at radius 1 is 1.28 bits per heavy atom. The summed E-state index contributed by atoms with van der Waals surface area (Å²) in [5, 5.41) is 3.99. The molecular formula is C23H23N3O3. The Morgan fingerprint density at radius 3 is 3.00 bits per heavy atom. The fourth-order valence-corrected chi connectivity index (χ4v) is 3.69. The molecule has 6 heteroatoms.